The minimum absolute atomic E-state index is 0.0849. The third-order valence-electron chi connectivity index (χ3n) is 2.56. The lowest BCUT2D eigenvalue weighted by atomic mass is 10.1. The van der Waals surface area contributed by atoms with Crippen LogP contribution in [0.15, 0.2) is 29.6 Å². The topological polar surface area (TPSA) is 38.3 Å². The van der Waals surface area contributed by atoms with Gasteiger partial charge in [-0.1, -0.05) is 12.1 Å². The molecule has 0 radical (unpaired) electrons. The molecule has 0 aliphatic heterocycles. The van der Waals surface area contributed by atoms with Crippen molar-refractivity contribution in [3.05, 3.63) is 35.2 Å². The Morgan fingerprint density at radius 2 is 2.29 bits per heavy atom. The standard InChI is InChI=1S/C13H15NO2S/c1-14-13(15)9-16-6-4-10-2-3-12-11(8-10)5-7-17-12/h2-3,5,7-8H,4,6,9H2,1H3,(H,14,15). The van der Waals surface area contributed by atoms with E-state index in [9.17, 15) is 4.79 Å². The van der Waals surface area contributed by atoms with Crippen molar-refractivity contribution in [1.29, 1.82) is 0 Å². The van der Waals surface area contributed by atoms with E-state index in [1.54, 1.807) is 18.4 Å². The lowest BCUT2D eigenvalue weighted by Crippen LogP contribution is -2.23. The summed E-state index contributed by atoms with van der Waals surface area (Å²) >= 11 is 1.75. The highest BCUT2D eigenvalue weighted by Gasteiger charge is 2.00. The van der Waals surface area contributed by atoms with E-state index in [0.717, 1.165) is 6.42 Å². The number of carbonyl (C=O) groups is 1. The van der Waals surface area contributed by atoms with Gasteiger partial charge in [0.1, 0.15) is 6.61 Å². The number of likely N-dealkylation sites (N-methyl/N-ethyl adjacent to an activating group) is 1. The van der Waals surface area contributed by atoms with E-state index >= 15 is 0 Å². The average Bonchev–Trinajstić information content (AvgIpc) is 2.81. The number of amides is 1. The Hall–Kier alpha value is -1.39. The Morgan fingerprint density at radius 1 is 1.41 bits per heavy atom. The van der Waals surface area contributed by atoms with Crippen LogP contribution in [-0.2, 0) is 16.0 Å². The van der Waals surface area contributed by atoms with Crippen LogP contribution in [-0.4, -0.2) is 26.2 Å². The van der Waals surface area contributed by atoms with E-state index < -0.39 is 0 Å². The second-order valence-electron chi connectivity index (χ2n) is 3.77. The average molecular weight is 249 g/mol. The number of carbonyl (C=O) groups excluding carboxylic acids is 1. The summed E-state index contributed by atoms with van der Waals surface area (Å²) in [6, 6.07) is 8.54. The molecule has 1 aromatic carbocycles. The van der Waals surface area contributed by atoms with Crippen molar-refractivity contribution in [1.82, 2.24) is 5.32 Å². The Bertz CT molecular complexity index is 507. The van der Waals surface area contributed by atoms with E-state index in [2.05, 4.69) is 35.0 Å². The van der Waals surface area contributed by atoms with Crippen molar-refractivity contribution in [2.75, 3.05) is 20.3 Å². The van der Waals surface area contributed by atoms with Gasteiger partial charge in [0.2, 0.25) is 5.91 Å². The highest BCUT2D eigenvalue weighted by atomic mass is 32.1. The van der Waals surface area contributed by atoms with Crippen molar-refractivity contribution in [3.8, 4) is 0 Å². The third-order valence-corrected chi connectivity index (χ3v) is 3.46. The first-order chi connectivity index (χ1) is 8.29. The van der Waals surface area contributed by atoms with Crippen LogP contribution in [0, 0.1) is 0 Å². The lowest BCUT2D eigenvalue weighted by molar-refractivity contribution is -0.125. The SMILES string of the molecule is CNC(=O)COCCc1ccc2sccc2c1. The van der Waals surface area contributed by atoms with Gasteiger partial charge >= 0.3 is 0 Å². The van der Waals surface area contributed by atoms with Crippen LogP contribution in [0.4, 0.5) is 0 Å². The Labute approximate surface area is 104 Å². The molecule has 0 aliphatic carbocycles. The maximum atomic E-state index is 10.9. The summed E-state index contributed by atoms with van der Waals surface area (Å²) in [5.41, 5.74) is 1.24. The molecule has 0 bridgehead atoms. The van der Waals surface area contributed by atoms with Gasteiger partial charge in [-0.3, -0.25) is 4.79 Å². The molecule has 0 saturated heterocycles. The van der Waals surface area contributed by atoms with Gasteiger partial charge in [-0.25, -0.2) is 0 Å². The summed E-state index contributed by atoms with van der Waals surface area (Å²) in [6.45, 7) is 0.709. The third kappa shape index (κ3) is 3.28. The van der Waals surface area contributed by atoms with Crippen molar-refractivity contribution < 1.29 is 9.53 Å². The molecule has 0 spiro atoms. The van der Waals surface area contributed by atoms with Gasteiger partial charge in [0.05, 0.1) is 6.61 Å². The number of thiophene rings is 1. The maximum absolute atomic E-state index is 10.9. The lowest BCUT2D eigenvalue weighted by Gasteiger charge is -2.03. The number of rotatable bonds is 5. The monoisotopic (exact) mass is 249 g/mol. The highest BCUT2D eigenvalue weighted by molar-refractivity contribution is 7.17. The van der Waals surface area contributed by atoms with Gasteiger partial charge < -0.3 is 10.1 Å². The minimum Gasteiger partial charge on any atom is -0.371 e. The molecule has 0 saturated carbocycles. The van der Waals surface area contributed by atoms with E-state index in [1.165, 1.54) is 15.6 Å². The number of ether oxygens (including phenoxy) is 1. The molecule has 1 heterocycles. The van der Waals surface area contributed by atoms with Gasteiger partial charge in [-0.2, -0.15) is 0 Å². The number of benzene rings is 1. The molecule has 17 heavy (non-hydrogen) atoms. The van der Waals surface area contributed by atoms with Crippen LogP contribution in [0.25, 0.3) is 10.1 Å². The Kier molecular flexibility index (Phi) is 4.12. The zero-order valence-electron chi connectivity index (χ0n) is 9.73. The number of fused-ring (bicyclic) bond motifs is 1. The Balaban J connectivity index is 1.84. The first-order valence-corrected chi connectivity index (χ1v) is 6.42. The fraction of sp³-hybridized carbons (Fsp3) is 0.308. The smallest absolute Gasteiger partial charge is 0.245 e. The fourth-order valence-corrected chi connectivity index (χ4v) is 2.37. The van der Waals surface area contributed by atoms with Crippen molar-refractivity contribution in [2.45, 2.75) is 6.42 Å². The molecule has 0 aliphatic rings. The number of hydrogen-bond donors (Lipinski definition) is 1. The molecule has 0 atom stereocenters. The van der Waals surface area contributed by atoms with Gasteiger partial charge in [0.25, 0.3) is 0 Å². The summed E-state index contributed by atoms with van der Waals surface area (Å²) in [5.74, 6) is -0.0849. The molecule has 0 unspecified atom stereocenters. The second kappa shape index (κ2) is 5.80. The predicted molar refractivity (Wildman–Crippen MR) is 70.4 cm³/mol. The van der Waals surface area contributed by atoms with E-state index in [0.29, 0.717) is 6.61 Å². The van der Waals surface area contributed by atoms with Crippen LogP contribution in [0.3, 0.4) is 0 Å². The zero-order chi connectivity index (χ0) is 12.1. The molecule has 2 rings (SSSR count). The predicted octanol–water partition coefficient (Wildman–Crippen LogP) is 2.21. The van der Waals surface area contributed by atoms with Crippen molar-refractivity contribution in [2.24, 2.45) is 0 Å². The summed E-state index contributed by atoms with van der Waals surface area (Å²) in [5, 5.41) is 5.89. The normalized spacial score (nSPS) is 10.6. The first-order valence-electron chi connectivity index (χ1n) is 5.54. The van der Waals surface area contributed by atoms with Crippen LogP contribution < -0.4 is 5.32 Å². The molecular formula is C13H15NO2S. The quantitative estimate of drug-likeness (QED) is 0.825. The van der Waals surface area contributed by atoms with Crippen LogP contribution >= 0.6 is 11.3 Å². The first kappa shape index (κ1) is 12.1. The molecule has 2 aromatic rings. The highest BCUT2D eigenvalue weighted by Crippen LogP contribution is 2.21. The van der Waals surface area contributed by atoms with Crippen LogP contribution in [0.2, 0.25) is 0 Å². The van der Waals surface area contributed by atoms with Gasteiger partial charge in [-0.15, -0.1) is 11.3 Å². The van der Waals surface area contributed by atoms with Crippen LogP contribution in [0.1, 0.15) is 5.56 Å². The van der Waals surface area contributed by atoms with Gasteiger partial charge in [0, 0.05) is 11.7 Å². The van der Waals surface area contributed by atoms with Gasteiger partial charge in [-0.05, 0) is 34.9 Å². The Morgan fingerprint density at radius 3 is 3.12 bits per heavy atom. The maximum Gasteiger partial charge on any atom is 0.245 e. The van der Waals surface area contributed by atoms with E-state index in [-0.39, 0.29) is 12.5 Å². The summed E-state index contributed by atoms with van der Waals surface area (Å²) in [7, 11) is 1.61. The summed E-state index contributed by atoms with van der Waals surface area (Å²) in [6.07, 6.45) is 0.836. The molecule has 90 valence electrons. The van der Waals surface area contributed by atoms with E-state index in [1.807, 2.05) is 0 Å². The van der Waals surface area contributed by atoms with Crippen LogP contribution in [0.5, 0.6) is 0 Å². The van der Waals surface area contributed by atoms with Crippen molar-refractivity contribution >= 4 is 27.3 Å². The number of nitrogens with one attached hydrogen (secondary N) is 1. The molecule has 3 nitrogen and oxygen atoms in total. The van der Waals surface area contributed by atoms with Crippen molar-refractivity contribution in [3.63, 3.8) is 0 Å². The van der Waals surface area contributed by atoms with Gasteiger partial charge in [0.15, 0.2) is 0 Å². The molecular weight excluding hydrogens is 234 g/mol. The minimum atomic E-state index is -0.0849. The molecule has 1 N–H and O–H groups in total. The zero-order valence-corrected chi connectivity index (χ0v) is 10.5. The number of hydrogen-bond acceptors (Lipinski definition) is 3. The second-order valence-corrected chi connectivity index (χ2v) is 4.72. The largest absolute Gasteiger partial charge is 0.371 e. The fourth-order valence-electron chi connectivity index (χ4n) is 1.60. The molecule has 0 fully saturated rings. The molecule has 4 heteroatoms. The summed E-state index contributed by atoms with van der Waals surface area (Å²) < 4.78 is 6.58. The van der Waals surface area contributed by atoms with E-state index in [4.69, 9.17) is 4.74 Å². The molecule has 1 amide bonds. The molecule has 1 aromatic heterocycles. The summed E-state index contributed by atoms with van der Waals surface area (Å²) in [4.78, 5) is 10.9.